The second-order valence-electron chi connectivity index (χ2n) is 2.92. The van der Waals surface area contributed by atoms with E-state index < -0.39 is 35.3 Å². The largest absolute Gasteiger partial charge is 0.443 e. The van der Waals surface area contributed by atoms with Gasteiger partial charge in [0.05, 0.1) is 5.57 Å². The first-order chi connectivity index (χ1) is 6.78. The second kappa shape index (κ2) is 2.83. The molecular weight excluding hydrogens is 262 g/mol. The molecule has 94 valence electrons. The van der Waals surface area contributed by atoms with Crippen molar-refractivity contribution in [3.8, 4) is 0 Å². The van der Waals surface area contributed by atoms with E-state index in [4.69, 9.17) is 0 Å². The van der Waals surface area contributed by atoms with Gasteiger partial charge in [0.25, 0.3) is 0 Å². The van der Waals surface area contributed by atoms with Crippen molar-refractivity contribution in [2.24, 2.45) is 0 Å². The highest BCUT2D eigenvalue weighted by atomic mass is 19.4. The molecular formula is C6F10. The van der Waals surface area contributed by atoms with Crippen LogP contribution in [0.1, 0.15) is 0 Å². The molecule has 0 aliphatic heterocycles. The van der Waals surface area contributed by atoms with Crippen LogP contribution in [0.25, 0.3) is 0 Å². The number of allylic oxidation sites excluding steroid dienone is 2. The molecule has 0 heterocycles. The smallest absolute Gasteiger partial charge is 0.221 e. The van der Waals surface area contributed by atoms with Crippen molar-refractivity contribution in [3.05, 3.63) is 11.4 Å². The van der Waals surface area contributed by atoms with E-state index in [0.29, 0.717) is 0 Å². The predicted molar refractivity (Wildman–Crippen MR) is 29.0 cm³/mol. The Kier molecular flexibility index (Phi) is 2.32. The van der Waals surface area contributed by atoms with Gasteiger partial charge in [-0.15, -0.1) is 0 Å². The standard InChI is InChI=1S/C6F10/c7-2(5(11,12)13)1-3(8,4(1,9)10)6(14,15)16. The van der Waals surface area contributed by atoms with Crippen LogP contribution in [0.3, 0.4) is 0 Å². The Morgan fingerprint density at radius 1 is 0.875 bits per heavy atom. The molecule has 0 nitrogen and oxygen atoms in total. The summed E-state index contributed by atoms with van der Waals surface area (Å²) >= 11 is 0. The molecule has 0 spiro atoms. The van der Waals surface area contributed by atoms with Gasteiger partial charge in [0.2, 0.25) is 5.83 Å². The summed E-state index contributed by atoms with van der Waals surface area (Å²) in [6.45, 7) is 0. The van der Waals surface area contributed by atoms with Gasteiger partial charge < -0.3 is 0 Å². The number of hydrogen-bond acceptors (Lipinski definition) is 0. The van der Waals surface area contributed by atoms with Gasteiger partial charge in [-0.05, 0) is 0 Å². The summed E-state index contributed by atoms with van der Waals surface area (Å²) in [5.41, 5.74) is -8.79. The molecule has 1 fully saturated rings. The van der Waals surface area contributed by atoms with E-state index in [1.165, 1.54) is 0 Å². The molecule has 0 N–H and O–H groups in total. The zero-order valence-electron chi connectivity index (χ0n) is 6.78. The summed E-state index contributed by atoms with van der Waals surface area (Å²) in [5.74, 6) is -9.28. The lowest BCUT2D eigenvalue weighted by Gasteiger charge is -2.09. The molecule has 1 aliphatic carbocycles. The lowest BCUT2D eigenvalue weighted by molar-refractivity contribution is -0.215. The Morgan fingerprint density at radius 3 is 1.44 bits per heavy atom. The van der Waals surface area contributed by atoms with Crippen LogP contribution in [-0.4, -0.2) is 23.9 Å². The zero-order chi connectivity index (χ0) is 13.2. The van der Waals surface area contributed by atoms with Crippen molar-refractivity contribution in [3.63, 3.8) is 0 Å². The number of alkyl halides is 9. The van der Waals surface area contributed by atoms with E-state index in [1.54, 1.807) is 0 Å². The first-order valence-corrected chi connectivity index (χ1v) is 3.39. The molecule has 1 saturated carbocycles. The molecule has 16 heavy (non-hydrogen) atoms. The molecule has 1 rings (SSSR count). The average molecular weight is 262 g/mol. The van der Waals surface area contributed by atoms with Crippen LogP contribution in [-0.2, 0) is 0 Å². The van der Waals surface area contributed by atoms with E-state index in [-0.39, 0.29) is 0 Å². The van der Waals surface area contributed by atoms with Gasteiger partial charge in [-0.3, -0.25) is 0 Å². The molecule has 0 bridgehead atoms. The Labute approximate surface area is 80.5 Å². The monoisotopic (exact) mass is 262 g/mol. The van der Waals surface area contributed by atoms with E-state index in [0.717, 1.165) is 0 Å². The Bertz CT molecular complexity index is 343. The summed E-state index contributed by atoms with van der Waals surface area (Å²) < 4.78 is 119. The van der Waals surface area contributed by atoms with Crippen LogP contribution in [0, 0.1) is 0 Å². The second-order valence-corrected chi connectivity index (χ2v) is 2.92. The first kappa shape index (κ1) is 13.1. The highest BCUT2D eigenvalue weighted by molar-refractivity contribution is 5.54. The minimum absolute atomic E-state index is 3.22. The zero-order valence-corrected chi connectivity index (χ0v) is 6.78. The quantitative estimate of drug-likeness (QED) is 0.584. The van der Waals surface area contributed by atoms with Crippen LogP contribution in [0.15, 0.2) is 11.4 Å². The van der Waals surface area contributed by atoms with Crippen molar-refractivity contribution >= 4 is 0 Å². The molecule has 0 saturated heterocycles. The highest BCUT2D eigenvalue weighted by Gasteiger charge is 2.93. The molecule has 0 amide bonds. The Balaban J connectivity index is 3.33. The number of hydrogen-bond donors (Lipinski definition) is 0. The van der Waals surface area contributed by atoms with Crippen LogP contribution in [0.5, 0.6) is 0 Å². The fraction of sp³-hybridized carbons (Fsp3) is 0.667. The maximum atomic E-state index is 12.6. The fourth-order valence-corrected chi connectivity index (χ4v) is 1.07. The van der Waals surface area contributed by atoms with Crippen molar-refractivity contribution in [1.82, 2.24) is 0 Å². The van der Waals surface area contributed by atoms with Gasteiger partial charge in [0, 0.05) is 0 Å². The summed E-state index contributed by atoms with van der Waals surface area (Å²) in [7, 11) is 0. The third kappa shape index (κ3) is 1.38. The molecule has 0 aromatic rings. The van der Waals surface area contributed by atoms with Crippen LogP contribution >= 0.6 is 0 Å². The maximum Gasteiger partial charge on any atom is 0.443 e. The van der Waals surface area contributed by atoms with Gasteiger partial charge >= 0.3 is 23.9 Å². The van der Waals surface area contributed by atoms with Gasteiger partial charge in [0.1, 0.15) is 0 Å². The van der Waals surface area contributed by atoms with Crippen molar-refractivity contribution in [2.45, 2.75) is 23.9 Å². The topological polar surface area (TPSA) is 0 Å². The van der Waals surface area contributed by atoms with Gasteiger partial charge in [-0.1, -0.05) is 0 Å². The molecule has 0 aromatic heterocycles. The SMILES string of the molecule is FC(=C1C(F)(F)C1(F)C(F)(F)F)C(F)(F)F. The van der Waals surface area contributed by atoms with E-state index in [2.05, 4.69) is 0 Å². The van der Waals surface area contributed by atoms with E-state index >= 15 is 0 Å². The molecule has 0 aromatic carbocycles. The molecule has 1 unspecified atom stereocenters. The van der Waals surface area contributed by atoms with E-state index in [9.17, 15) is 43.9 Å². The fourth-order valence-electron chi connectivity index (χ4n) is 1.07. The van der Waals surface area contributed by atoms with Crippen LogP contribution < -0.4 is 0 Å². The lowest BCUT2D eigenvalue weighted by Crippen LogP contribution is -2.32. The van der Waals surface area contributed by atoms with Crippen molar-refractivity contribution in [1.29, 1.82) is 0 Å². The molecule has 1 atom stereocenters. The summed E-state index contributed by atoms with van der Waals surface area (Å²) in [5, 5.41) is 0. The summed E-state index contributed by atoms with van der Waals surface area (Å²) in [6.07, 6.45) is -12.4. The average Bonchev–Trinajstić information content (AvgIpc) is 2.43. The highest BCUT2D eigenvalue weighted by Crippen LogP contribution is 2.70. The van der Waals surface area contributed by atoms with Crippen LogP contribution in [0.2, 0.25) is 0 Å². The molecule has 0 radical (unpaired) electrons. The third-order valence-corrected chi connectivity index (χ3v) is 1.89. The van der Waals surface area contributed by atoms with Gasteiger partial charge in [-0.2, -0.15) is 35.1 Å². The Hall–Kier alpha value is -0.960. The minimum atomic E-state index is -6.31. The van der Waals surface area contributed by atoms with Gasteiger partial charge in [-0.25, -0.2) is 8.78 Å². The van der Waals surface area contributed by atoms with E-state index in [1.807, 2.05) is 0 Å². The van der Waals surface area contributed by atoms with Gasteiger partial charge in [0.15, 0.2) is 0 Å². The van der Waals surface area contributed by atoms with Crippen molar-refractivity contribution in [2.75, 3.05) is 0 Å². The normalized spacial score (nSPS) is 32.6. The number of halogens is 10. The number of rotatable bonds is 0. The summed E-state index contributed by atoms with van der Waals surface area (Å²) in [6, 6.07) is 0. The third-order valence-electron chi connectivity index (χ3n) is 1.89. The Morgan fingerprint density at radius 2 is 1.25 bits per heavy atom. The first-order valence-electron chi connectivity index (χ1n) is 3.39. The summed E-state index contributed by atoms with van der Waals surface area (Å²) in [4.78, 5) is 0. The molecule has 1 aliphatic rings. The molecule has 10 heteroatoms. The predicted octanol–water partition coefficient (Wildman–Crippen LogP) is 3.69. The minimum Gasteiger partial charge on any atom is -0.221 e. The van der Waals surface area contributed by atoms with Crippen molar-refractivity contribution < 1.29 is 43.9 Å². The lowest BCUT2D eigenvalue weighted by atomic mass is 10.3. The maximum absolute atomic E-state index is 12.6. The van der Waals surface area contributed by atoms with Crippen LogP contribution in [0.4, 0.5) is 43.9 Å².